The molecule has 0 bridgehead atoms. The van der Waals surface area contributed by atoms with E-state index in [1.807, 2.05) is 47.4 Å². The third-order valence-corrected chi connectivity index (χ3v) is 5.71. The van der Waals surface area contributed by atoms with Gasteiger partial charge < -0.3 is 14.2 Å². The normalized spacial score (nSPS) is 14.1. The molecular formula is C24H23N5O3. The number of carbonyl (C=O) groups excluding carboxylic acids is 2. The summed E-state index contributed by atoms with van der Waals surface area (Å²) in [5.74, 6) is 0.156. The fraction of sp³-hybridized carbons (Fsp3) is 0.250. The van der Waals surface area contributed by atoms with Crippen LogP contribution in [0.5, 0.6) is 0 Å². The standard InChI is InChI=1S/C24H23N5O3/c1-27(2)24(31)22-13-18-12-16(9-10-21(18)32-22)17-6-5-11-28(14-17)23(30)15-29-20-8-4-3-7-19(20)25-26-29/h3-4,6-10,12-13H,5,11,14-15H2,1-2H3. The van der Waals surface area contributed by atoms with Crippen LogP contribution in [0.3, 0.4) is 0 Å². The molecule has 0 fully saturated rings. The number of hydrogen-bond donors (Lipinski definition) is 0. The first-order valence-electron chi connectivity index (χ1n) is 10.5. The molecule has 8 heteroatoms. The van der Waals surface area contributed by atoms with Crippen LogP contribution in [0.1, 0.15) is 22.5 Å². The van der Waals surface area contributed by atoms with Gasteiger partial charge in [0.15, 0.2) is 5.76 Å². The van der Waals surface area contributed by atoms with Crippen LogP contribution < -0.4 is 0 Å². The minimum absolute atomic E-state index is 0.00880. The highest BCUT2D eigenvalue weighted by atomic mass is 16.3. The fourth-order valence-corrected chi connectivity index (χ4v) is 4.00. The zero-order valence-electron chi connectivity index (χ0n) is 18.0. The molecule has 0 N–H and O–H groups in total. The predicted molar refractivity (Wildman–Crippen MR) is 121 cm³/mol. The second-order valence-electron chi connectivity index (χ2n) is 8.13. The first kappa shape index (κ1) is 20.0. The number of fused-ring (bicyclic) bond motifs is 2. The predicted octanol–water partition coefficient (Wildman–Crippen LogP) is 3.20. The van der Waals surface area contributed by atoms with Gasteiger partial charge in [-0.1, -0.05) is 29.5 Å². The van der Waals surface area contributed by atoms with Crippen molar-refractivity contribution in [2.75, 3.05) is 27.2 Å². The maximum atomic E-state index is 13.0. The van der Waals surface area contributed by atoms with Crippen LogP contribution in [0.2, 0.25) is 0 Å². The summed E-state index contributed by atoms with van der Waals surface area (Å²) in [6.07, 6.45) is 2.95. The van der Waals surface area contributed by atoms with E-state index in [0.29, 0.717) is 24.4 Å². The summed E-state index contributed by atoms with van der Waals surface area (Å²) in [5.41, 5.74) is 4.39. The van der Waals surface area contributed by atoms with Crippen molar-refractivity contribution in [1.29, 1.82) is 0 Å². The molecule has 1 aliphatic heterocycles. The minimum Gasteiger partial charge on any atom is -0.451 e. The second kappa shape index (κ2) is 7.96. The van der Waals surface area contributed by atoms with Crippen molar-refractivity contribution < 1.29 is 14.0 Å². The quantitative estimate of drug-likeness (QED) is 0.497. The van der Waals surface area contributed by atoms with Gasteiger partial charge in [0.1, 0.15) is 17.6 Å². The van der Waals surface area contributed by atoms with Gasteiger partial charge in [-0.25, -0.2) is 4.68 Å². The van der Waals surface area contributed by atoms with E-state index in [1.54, 1.807) is 24.8 Å². The summed E-state index contributed by atoms with van der Waals surface area (Å²) in [6.45, 7) is 1.35. The number of hydrogen-bond acceptors (Lipinski definition) is 5. The molecule has 0 saturated heterocycles. The Balaban J connectivity index is 1.34. The average molecular weight is 429 g/mol. The highest BCUT2D eigenvalue weighted by molar-refractivity contribution is 5.96. The van der Waals surface area contributed by atoms with Crippen molar-refractivity contribution in [2.24, 2.45) is 0 Å². The number of benzene rings is 2. The molecule has 0 radical (unpaired) electrons. The highest BCUT2D eigenvalue weighted by Gasteiger charge is 2.21. The van der Waals surface area contributed by atoms with E-state index in [1.165, 1.54) is 4.90 Å². The Labute approximate surface area is 184 Å². The molecule has 0 unspecified atom stereocenters. The van der Waals surface area contributed by atoms with E-state index in [-0.39, 0.29) is 18.4 Å². The number of rotatable bonds is 4. The van der Waals surface area contributed by atoms with Gasteiger partial charge in [-0.05, 0) is 47.9 Å². The van der Waals surface area contributed by atoms with E-state index in [9.17, 15) is 9.59 Å². The van der Waals surface area contributed by atoms with Crippen LogP contribution in [-0.2, 0) is 11.3 Å². The number of aromatic nitrogens is 3. The third-order valence-electron chi connectivity index (χ3n) is 5.71. The average Bonchev–Trinajstić information content (AvgIpc) is 3.42. The number of para-hydroxylation sites is 1. The summed E-state index contributed by atoms with van der Waals surface area (Å²) in [7, 11) is 3.39. The zero-order valence-corrected chi connectivity index (χ0v) is 18.0. The number of carbonyl (C=O) groups is 2. The molecular weight excluding hydrogens is 406 g/mol. The van der Waals surface area contributed by atoms with Gasteiger partial charge in [-0.2, -0.15) is 0 Å². The summed E-state index contributed by atoms with van der Waals surface area (Å²) >= 11 is 0. The van der Waals surface area contributed by atoms with Crippen LogP contribution in [0, 0.1) is 0 Å². The van der Waals surface area contributed by atoms with Crippen LogP contribution in [-0.4, -0.2) is 63.8 Å². The molecule has 162 valence electrons. The van der Waals surface area contributed by atoms with Gasteiger partial charge in [0.25, 0.3) is 5.91 Å². The summed E-state index contributed by atoms with van der Waals surface area (Å²) in [6, 6.07) is 15.2. The lowest BCUT2D eigenvalue weighted by atomic mass is 10.00. The summed E-state index contributed by atoms with van der Waals surface area (Å²) in [5, 5.41) is 9.13. The lowest BCUT2D eigenvalue weighted by Gasteiger charge is -2.27. The Morgan fingerprint density at radius 1 is 1.12 bits per heavy atom. The highest BCUT2D eigenvalue weighted by Crippen LogP contribution is 2.27. The Morgan fingerprint density at radius 2 is 1.97 bits per heavy atom. The summed E-state index contributed by atoms with van der Waals surface area (Å²) < 4.78 is 7.35. The third kappa shape index (κ3) is 3.64. The van der Waals surface area contributed by atoms with Gasteiger partial charge in [-0.3, -0.25) is 9.59 Å². The largest absolute Gasteiger partial charge is 0.451 e. The lowest BCUT2D eigenvalue weighted by Crippen LogP contribution is -2.37. The number of furan rings is 1. The van der Waals surface area contributed by atoms with Crippen molar-refractivity contribution in [3.8, 4) is 0 Å². The van der Waals surface area contributed by atoms with Crippen LogP contribution in [0.15, 0.2) is 59.0 Å². The second-order valence-corrected chi connectivity index (χ2v) is 8.13. The Kier molecular flexibility index (Phi) is 4.97. The van der Waals surface area contributed by atoms with Crippen molar-refractivity contribution in [3.05, 3.63) is 65.9 Å². The van der Waals surface area contributed by atoms with Crippen LogP contribution >= 0.6 is 0 Å². The molecule has 8 nitrogen and oxygen atoms in total. The molecule has 0 atom stereocenters. The van der Waals surface area contributed by atoms with Gasteiger partial charge in [0, 0.05) is 32.6 Å². The Bertz CT molecular complexity index is 1360. The Hall–Kier alpha value is -3.94. The van der Waals surface area contributed by atoms with Gasteiger partial charge >= 0.3 is 0 Å². The van der Waals surface area contributed by atoms with E-state index in [2.05, 4.69) is 16.4 Å². The molecule has 4 aromatic rings. The van der Waals surface area contributed by atoms with Gasteiger partial charge in [0.2, 0.25) is 5.91 Å². The maximum Gasteiger partial charge on any atom is 0.289 e. The van der Waals surface area contributed by atoms with Crippen LogP contribution in [0.25, 0.3) is 27.6 Å². The van der Waals surface area contributed by atoms with Gasteiger partial charge in [0.05, 0.1) is 5.52 Å². The van der Waals surface area contributed by atoms with E-state index in [4.69, 9.17) is 4.42 Å². The Morgan fingerprint density at radius 3 is 2.81 bits per heavy atom. The topological polar surface area (TPSA) is 84.5 Å². The van der Waals surface area contributed by atoms with Gasteiger partial charge in [-0.15, -0.1) is 5.10 Å². The molecule has 5 rings (SSSR count). The zero-order chi connectivity index (χ0) is 22.2. The molecule has 2 aromatic heterocycles. The van der Waals surface area contributed by atoms with Crippen molar-refractivity contribution in [3.63, 3.8) is 0 Å². The van der Waals surface area contributed by atoms with E-state index in [0.717, 1.165) is 34.0 Å². The van der Waals surface area contributed by atoms with E-state index >= 15 is 0 Å². The maximum absolute atomic E-state index is 13.0. The molecule has 3 heterocycles. The monoisotopic (exact) mass is 429 g/mol. The SMILES string of the molecule is CN(C)C(=O)c1cc2cc(C3=CCCN(C(=O)Cn4nnc5ccccc54)C3)ccc2o1. The van der Waals surface area contributed by atoms with Crippen molar-refractivity contribution >= 4 is 39.4 Å². The molecule has 0 saturated carbocycles. The molecule has 2 aromatic carbocycles. The first-order valence-corrected chi connectivity index (χ1v) is 10.5. The molecule has 2 amide bonds. The number of nitrogens with zero attached hydrogens (tertiary/aromatic N) is 5. The lowest BCUT2D eigenvalue weighted by molar-refractivity contribution is -0.131. The van der Waals surface area contributed by atoms with Crippen molar-refractivity contribution in [1.82, 2.24) is 24.8 Å². The van der Waals surface area contributed by atoms with Crippen molar-refractivity contribution in [2.45, 2.75) is 13.0 Å². The molecule has 32 heavy (non-hydrogen) atoms. The molecule has 0 spiro atoms. The first-order chi connectivity index (χ1) is 15.5. The van der Waals surface area contributed by atoms with Crippen LogP contribution in [0.4, 0.5) is 0 Å². The molecule has 1 aliphatic rings. The minimum atomic E-state index is -0.169. The molecule has 0 aliphatic carbocycles. The smallest absolute Gasteiger partial charge is 0.289 e. The fourth-order valence-electron chi connectivity index (χ4n) is 4.00. The number of amides is 2. The van der Waals surface area contributed by atoms with E-state index < -0.39 is 0 Å². The summed E-state index contributed by atoms with van der Waals surface area (Å²) in [4.78, 5) is 28.5.